The lowest BCUT2D eigenvalue weighted by Crippen LogP contribution is -2.24. The highest BCUT2D eigenvalue weighted by molar-refractivity contribution is 5.92. The van der Waals surface area contributed by atoms with Crippen molar-refractivity contribution in [1.29, 1.82) is 0 Å². The Kier molecular flexibility index (Phi) is 6.90. The van der Waals surface area contributed by atoms with Crippen molar-refractivity contribution in [3.05, 3.63) is 29.3 Å². The van der Waals surface area contributed by atoms with Gasteiger partial charge in [-0.1, -0.05) is 45.9 Å². The van der Waals surface area contributed by atoms with Crippen LogP contribution in [0.3, 0.4) is 0 Å². The number of nitrogens with two attached hydrogens (primary N) is 1. The summed E-state index contributed by atoms with van der Waals surface area (Å²) >= 11 is 0. The lowest BCUT2D eigenvalue weighted by Gasteiger charge is -2.19. The molecule has 0 spiro atoms. The Hall–Kier alpha value is -1.35. The number of aryl methyl sites for hydroxylation is 1. The number of para-hydroxylation sites is 1. The van der Waals surface area contributed by atoms with Crippen LogP contribution < -0.4 is 11.1 Å². The molecular formula is C18H30N2O. The zero-order valence-electron chi connectivity index (χ0n) is 14.1. The van der Waals surface area contributed by atoms with Gasteiger partial charge in [-0.3, -0.25) is 4.79 Å². The second kappa shape index (κ2) is 8.18. The summed E-state index contributed by atoms with van der Waals surface area (Å²) in [6, 6.07) is 6.17. The second-order valence-electron chi connectivity index (χ2n) is 6.68. The molecule has 0 radical (unpaired) electrons. The van der Waals surface area contributed by atoms with Gasteiger partial charge in [-0.15, -0.1) is 0 Å². The fourth-order valence-corrected chi connectivity index (χ4v) is 2.72. The van der Waals surface area contributed by atoms with Gasteiger partial charge in [0.2, 0.25) is 5.91 Å². The van der Waals surface area contributed by atoms with Gasteiger partial charge in [0.15, 0.2) is 0 Å². The summed E-state index contributed by atoms with van der Waals surface area (Å²) in [4.78, 5) is 12.3. The summed E-state index contributed by atoms with van der Waals surface area (Å²) in [5.41, 5.74) is 9.07. The van der Waals surface area contributed by atoms with Crippen LogP contribution in [0.25, 0.3) is 0 Å². The quantitative estimate of drug-likeness (QED) is 0.795. The molecule has 0 heterocycles. The normalized spacial score (nSPS) is 12.8. The maximum Gasteiger partial charge on any atom is 0.224 e. The topological polar surface area (TPSA) is 55.1 Å². The van der Waals surface area contributed by atoms with Gasteiger partial charge < -0.3 is 11.1 Å². The molecule has 0 saturated heterocycles. The molecule has 1 aromatic carbocycles. The third-order valence-electron chi connectivity index (χ3n) is 3.80. The van der Waals surface area contributed by atoms with Gasteiger partial charge in [-0.25, -0.2) is 0 Å². The number of carbonyl (C=O) groups excluding carboxylic acids is 1. The van der Waals surface area contributed by atoms with E-state index < -0.39 is 0 Å². The molecule has 1 amide bonds. The average molecular weight is 290 g/mol. The summed E-state index contributed by atoms with van der Waals surface area (Å²) < 4.78 is 0. The molecule has 0 aliphatic rings. The monoisotopic (exact) mass is 290 g/mol. The molecule has 1 aromatic rings. The lowest BCUT2D eigenvalue weighted by atomic mass is 9.93. The molecule has 0 fully saturated rings. The van der Waals surface area contributed by atoms with Crippen LogP contribution in [0.4, 0.5) is 5.69 Å². The van der Waals surface area contributed by atoms with Crippen LogP contribution in [-0.4, -0.2) is 12.5 Å². The molecule has 0 bridgehead atoms. The Balaban J connectivity index is 2.79. The van der Waals surface area contributed by atoms with Crippen LogP contribution in [0.5, 0.6) is 0 Å². The largest absolute Gasteiger partial charge is 0.330 e. The number of nitrogens with one attached hydrogen (secondary N) is 1. The minimum atomic E-state index is 0.0716. The Bertz CT molecular complexity index is 466. The zero-order valence-corrected chi connectivity index (χ0v) is 14.1. The zero-order chi connectivity index (χ0) is 16.0. The minimum Gasteiger partial charge on any atom is -0.330 e. The lowest BCUT2D eigenvalue weighted by molar-refractivity contribution is -0.117. The van der Waals surface area contributed by atoms with Crippen molar-refractivity contribution in [2.75, 3.05) is 11.9 Å². The Morgan fingerprint density at radius 3 is 2.43 bits per heavy atom. The van der Waals surface area contributed by atoms with Crippen molar-refractivity contribution >= 4 is 11.6 Å². The van der Waals surface area contributed by atoms with Gasteiger partial charge in [0.05, 0.1) is 0 Å². The molecular weight excluding hydrogens is 260 g/mol. The highest BCUT2D eigenvalue weighted by atomic mass is 16.1. The molecule has 3 heteroatoms. The smallest absolute Gasteiger partial charge is 0.224 e. The van der Waals surface area contributed by atoms with E-state index in [9.17, 15) is 4.79 Å². The van der Waals surface area contributed by atoms with Crippen molar-refractivity contribution in [2.45, 2.75) is 53.4 Å². The van der Waals surface area contributed by atoms with Crippen molar-refractivity contribution in [3.63, 3.8) is 0 Å². The predicted molar refractivity (Wildman–Crippen MR) is 90.5 cm³/mol. The number of amides is 1. The molecule has 118 valence electrons. The summed E-state index contributed by atoms with van der Waals surface area (Å²) in [5.74, 6) is 1.29. The van der Waals surface area contributed by atoms with Gasteiger partial charge in [-0.05, 0) is 48.8 Å². The van der Waals surface area contributed by atoms with E-state index in [1.54, 1.807) is 0 Å². The Morgan fingerprint density at radius 2 is 1.90 bits per heavy atom. The summed E-state index contributed by atoms with van der Waals surface area (Å²) in [6.45, 7) is 11.2. The molecule has 3 N–H and O–H groups in total. The first-order chi connectivity index (χ1) is 9.85. The number of benzene rings is 1. The average Bonchev–Trinajstić information content (AvgIpc) is 2.39. The van der Waals surface area contributed by atoms with Crippen LogP contribution >= 0.6 is 0 Å². The van der Waals surface area contributed by atoms with E-state index in [4.69, 9.17) is 5.73 Å². The molecule has 3 nitrogen and oxygen atoms in total. The van der Waals surface area contributed by atoms with Crippen LogP contribution in [0.15, 0.2) is 18.2 Å². The molecule has 0 aromatic heterocycles. The maximum atomic E-state index is 12.3. The third-order valence-corrected chi connectivity index (χ3v) is 3.80. The van der Waals surface area contributed by atoms with Crippen molar-refractivity contribution in [1.82, 2.24) is 0 Å². The summed E-state index contributed by atoms with van der Waals surface area (Å²) in [6.07, 6.45) is 1.50. The van der Waals surface area contributed by atoms with Crippen molar-refractivity contribution < 1.29 is 4.79 Å². The number of carbonyl (C=O) groups is 1. The fraction of sp³-hybridized carbons (Fsp3) is 0.611. The van der Waals surface area contributed by atoms with Gasteiger partial charge in [0.25, 0.3) is 0 Å². The van der Waals surface area contributed by atoms with Crippen LogP contribution in [0.1, 0.15) is 57.6 Å². The number of rotatable bonds is 7. The maximum absolute atomic E-state index is 12.3. The first kappa shape index (κ1) is 17.7. The standard InChI is InChI=1S/C18H30N2O/c1-12(2)9-15(11-19)10-17(21)20-18-14(5)7-6-8-16(18)13(3)4/h6-8,12-13,15H,9-11,19H2,1-5H3,(H,20,21). The van der Waals surface area contributed by atoms with E-state index in [0.29, 0.717) is 24.8 Å². The van der Waals surface area contributed by atoms with E-state index in [2.05, 4.69) is 39.1 Å². The SMILES string of the molecule is Cc1cccc(C(C)C)c1NC(=O)CC(CN)CC(C)C. The van der Waals surface area contributed by atoms with Crippen LogP contribution in [-0.2, 0) is 4.79 Å². The molecule has 1 rings (SSSR count). The van der Waals surface area contributed by atoms with E-state index >= 15 is 0 Å². The first-order valence-electron chi connectivity index (χ1n) is 7.94. The minimum absolute atomic E-state index is 0.0716. The third kappa shape index (κ3) is 5.50. The molecule has 1 atom stereocenters. The van der Waals surface area contributed by atoms with Gasteiger partial charge in [0.1, 0.15) is 0 Å². The highest BCUT2D eigenvalue weighted by Gasteiger charge is 2.16. The van der Waals surface area contributed by atoms with Crippen LogP contribution in [0, 0.1) is 18.8 Å². The summed E-state index contributed by atoms with van der Waals surface area (Å²) in [5, 5.41) is 3.10. The fourth-order valence-electron chi connectivity index (χ4n) is 2.72. The Labute approximate surface area is 129 Å². The van der Waals surface area contributed by atoms with Gasteiger partial charge in [-0.2, -0.15) is 0 Å². The van der Waals surface area contributed by atoms with Gasteiger partial charge >= 0.3 is 0 Å². The number of hydrogen-bond donors (Lipinski definition) is 2. The molecule has 0 aliphatic heterocycles. The Morgan fingerprint density at radius 1 is 1.24 bits per heavy atom. The highest BCUT2D eigenvalue weighted by Crippen LogP contribution is 2.28. The van der Waals surface area contributed by atoms with Crippen LogP contribution in [0.2, 0.25) is 0 Å². The predicted octanol–water partition coefficient (Wildman–Crippen LogP) is 4.07. The number of hydrogen-bond acceptors (Lipinski definition) is 2. The molecule has 0 saturated carbocycles. The van der Waals surface area contributed by atoms with Gasteiger partial charge in [0, 0.05) is 12.1 Å². The van der Waals surface area contributed by atoms with Crippen molar-refractivity contribution in [3.8, 4) is 0 Å². The van der Waals surface area contributed by atoms with Crippen molar-refractivity contribution in [2.24, 2.45) is 17.6 Å². The van der Waals surface area contributed by atoms with E-state index in [1.165, 1.54) is 5.56 Å². The van der Waals surface area contributed by atoms with E-state index in [-0.39, 0.29) is 11.8 Å². The molecule has 1 unspecified atom stereocenters. The summed E-state index contributed by atoms with van der Waals surface area (Å²) in [7, 11) is 0. The second-order valence-corrected chi connectivity index (χ2v) is 6.68. The van der Waals surface area contributed by atoms with E-state index in [1.807, 2.05) is 19.1 Å². The molecule has 21 heavy (non-hydrogen) atoms. The first-order valence-corrected chi connectivity index (χ1v) is 7.94. The van der Waals surface area contributed by atoms with E-state index in [0.717, 1.165) is 17.7 Å². The molecule has 0 aliphatic carbocycles. The number of anilines is 1.